The monoisotopic (exact) mass is 442 g/mol. The van der Waals surface area contributed by atoms with Crippen molar-refractivity contribution in [3.63, 3.8) is 0 Å². The highest BCUT2D eigenvalue weighted by Crippen LogP contribution is 2.31. The molecule has 2 saturated heterocycles. The van der Waals surface area contributed by atoms with Crippen LogP contribution in [0.1, 0.15) is 54.4 Å². The number of likely N-dealkylation sites (N-methyl/N-ethyl adjacent to an activating group) is 1. The Morgan fingerprint density at radius 2 is 1.94 bits per heavy atom. The standard InChI is InChI=1S/C24H34N4O4/c1-25-23(30)22(3-2-14-29)28-16-17-15-18(4-5-21(17)24(28)31)27-12-8-20(9-13-27)32-19-6-10-26-11-7-19/h4-5,14-15,19-20,22,26H,2-3,6-13,16H2,1H3,(H,25,30). The summed E-state index contributed by atoms with van der Waals surface area (Å²) in [4.78, 5) is 40.1. The molecular weight excluding hydrogens is 408 g/mol. The molecule has 2 amide bonds. The minimum Gasteiger partial charge on any atom is -0.375 e. The molecule has 8 heteroatoms. The van der Waals surface area contributed by atoms with Crippen LogP contribution in [0.15, 0.2) is 18.2 Å². The van der Waals surface area contributed by atoms with Gasteiger partial charge in [0.2, 0.25) is 5.91 Å². The Hall–Kier alpha value is -2.45. The molecule has 1 aromatic carbocycles. The summed E-state index contributed by atoms with van der Waals surface area (Å²) in [6, 6.07) is 5.35. The second-order valence-electron chi connectivity index (χ2n) is 8.92. The van der Waals surface area contributed by atoms with Crippen molar-refractivity contribution in [2.45, 2.75) is 63.3 Å². The van der Waals surface area contributed by atoms with Gasteiger partial charge in [0.15, 0.2) is 0 Å². The van der Waals surface area contributed by atoms with Gasteiger partial charge < -0.3 is 30.0 Å². The summed E-state index contributed by atoms with van der Waals surface area (Å²) in [6.45, 7) is 4.36. The molecule has 1 aromatic rings. The number of amides is 2. The Labute approximate surface area is 189 Å². The smallest absolute Gasteiger partial charge is 0.255 e. The topological polar surface area (TPSA) is 91.0 Å². The zero-order valence-electron chi connectivity index (χ0n) is 18.8. The fourth-order valence-corrected chi connectivity index (χ4v) is 5.05. The van der Waals surface area contributed by atoms with E-state index in [1.54, 1.807) is 11.9 Å². The lowest BCUT2D eigenvalue weighted by atomic mass is 10.0. The molecule has 4 rings (SSSR count). The number of rotatable bonds is 8. The van der Waals surface area contributed by atoms with Gasteiger partial charge in [0.1, 0.15) is 12.3 Å². The second kappa shape index (κ2) is 10.4. The van der Waals surface area contributed by atoms with Gasteiger partial charge in [0.05, 0.1) is 12.2 Å². The van der Waals surface area contributed by atoms with Crippen molar-refractivity contribution in [2.24, 2.45) is 0 Å². The van der Waals surface area contributed by atoms with Crippen LogP contribution in [0.5, 0.6) is 0 Å². The first kappa shape index (κ1) is 22.7. The van der Waals surface area contributed by atoms with Crippen LogP contribution in [-0.4, -0.2) is 74.5 Å². The van der Waals surface area contributed by atoms with Crippen molar-refractivity contribution >= 4 is 23.8 Å². The Bertz CT molecular complexity index is 831. The van der Waals surface area contributed by atoms with Crippen molar-refractivity contribution in [2.75, 3.05) is 38.1 Å². The van der Waals surface area contributed by atoms with Crippen molar-refractivity contribution in [1.82, 2.24) is 15.5 Å². The van der Waals surface area contributed by atoms with E-state index in [1.807, 2.05) is 12.1 Å². The number of fused-ring (bicyclic) bond motifs is 1. The van der Waals surface area contributed by atoms with E-state index < -0.39 is 6.04 Å². The van der Waals surface area contributed by atoms with Crippen molar-refractivity contribution in [3.05, 3.63) is 29.3 Å². The highest BCUT2D eigenvalue weighted by Gasteiger charge is 2.36. The molecule has 0 spiro atoms. The van der Waals surface area contributed by atoms with E-state index in [2.05, 4.69) is 21.6 Å². The molecule has 2 N–H and O–H groups in total. The van der Waals surface area contributed by atoms with Crippen molar-refractivity contribution in [3.8, 4) is 0 Å². The molecule has 3 heterocycles. The Kier molecular flexibility index (Phi) is 7.42. The molecule has 2 fully saturated rings. The number of nitrogens with zero attached hydrogens (tertiary/aromatic N) is 2. The van der Waals surface area contributed by atoms with Crippen LogP contribution in [0, 0.1) is 0 Å². The molecule has 3 aliphatic rings. The molecule has 0 saturated carbocycles. The number of hydrogen-bond donors (Lipinski definition) is 2. The fraction of sp³-hybridized carbons (Fsp3) is 0.625. The van der Waals surface area contributed by atoms with Gasteiger partial charge in [-0.15, -0.1) is 0 Å². The Morgan fingerprint density at radius 3 is 2.62 bits per heavy atom. The molecule has 0 radical (unpaired) electrons. The van der Waals surface area contributed by atoms with Crippen molar-refractivity contribution in [1.29, 1.82) is 0 Å². The van der Waals surface area contributed by atoms with E-state index in [0.717, 1.165) is 69.4 Å². The van der Waals surface area contributed by atoms with Crippen LogP contribution < -0.4 is 15.5 Å². The lowest BCUT2D eigenvalue weighted by Crippen LogP contribution is -2.46. The second-order valence-corrected chi connectivity index (χ2v) is 8.92. The Morgan fingerprint density at radius 1 is 1.22 bits per heavy atom. The van der Waals surface area contributed by atoms with E-state index >= 15 is 0 Å². The third kappa shape index (κ3) is 4.96. The predicted molar refractivity (Wildman–Crippen MR) is 122 cm³/mol. The zero-order valence-corrected chi connectivity index (χ0v) is 18.8. The van der Waals surface area contributed by atoms with Crippen LogP contribution in [0.4, 0.5) is 5.69 Å². The van der Waals surface area contributed by atoms with E-state index in [0.29, 0.717) is 30.7 Å². The van der Waals surface area contributed by atoms with Gasteiger partial charge in [-0.1, -0.05) is 0 Å². The summed E-state index contributed by atoms with van der Waals surface area (Å²) in [6.07, 6.45) is 6.30. The third-order valence-corrected chi connectivity index (χ3v) is 6.88. The largest absolute Gasteiger partial charge is 0.375 e. The van der Waals surface area contributed by atoms with E-state index in [-0.39, 0.29) is 18.2 Å². The first-order valence-electron chi connectivity index (χ1n) is 11.8. The average molecular weight is 443 g/mol. The first-order valence-corrected chi connectivity index (χ1v) is 11.8. The number of piperidine rings is 2. The number of benzene rings is 1. The van der Waals surface area contributed by atoms with E-state index in [1.165, 1.54) is 0 Å². The number of anilines is 1. The van der Waals surface area contributed by atoms with Gasteiger partial charge in [0, 0.05) is 44.4 Å². The summed E-state index contributed by atoms with van der Waals surface area (Å²) in [5.41, 5.74) is 2.71. The average Bonchev–Trinajstić information content (AvgIpc) is 3.15. The van der Waals surface area contributed by atoms with Crippen LogP contribution >= 0.6 is 0 Å². The number of aldehydes is 1. The normalized spacial score (nSPS) is 20.8. The fourth-order valence-electron chi connectivity index (χ4n) is 5.05. The molecule has 3 aliphatic heterocycles. The predicted octanol–water partition coefficient (Wildman–Crippen LogP) is 1.47. The first-order chi connectivity index (χ1) is 15.6. The minimum atomic E-state index is -0.628. The molecule has 0 bridgehead atoms. The summed E-state index contributed by atoms with van der Waals surface area (Å²) < 4.78 is 6.33. The van der Waals surface area contributed by atoms with E-state index in [4.69, 9.17) is 4.74 Å². The molecule has 0 aromatic heterocycles. The number of carbonyl (C=O) groups excluding carboxylic acids is 3. The van der Waals surface area contributed by atoms with Gasteiger partial charge >= 0.3 is 0 Å². The third-order valence-electron chi connectivity index (χ3n) is 6.88. The van der Waals surface area contributed by atoms with Gasteiger partial charge in [0.25, 0.3) is 5.91 Å². The van der Waals surface area contributed by atoms with Crippen molar-refractivity contribution < 1.29 is 19.1 Å². The molecule has 1 unspecified atom stereocenters. The summed E-state index contributed by atoms with van der Waals surface area (Å²) >= 11 is 0. The molecule has 0 aliphatic carbocycles. The zero-order chi connectivity index (χ0) is 22.5. The maximum Gasteiger partial charge on any atom is 0.255 e. The molecule has 1 atom stereocenters. The van der Waals surface area contributed by atoms with Gasteiger partial charge in [-0.3, -0.25) is 9.59 Å². The van der Waals surface area contributed by atoms with Crippen LogP contribution in [0.3, 0.4) is 0 Å². The minimum absolute atomic E-state index is 0.139. The maximum atomic E-state index is 13.0. The molecule has 32 heavy (non-hydrogen) atoms. The van der Waals surface area contributed by atoms with E-state index in [9.17, 15) is 14.4 Å². The number of hydrogen-bond acceptors (Lipinski definition) is 6. The number of carbonyl (C=O) groups is 3. The quantitative estimate of drug-likeness (QED) is 0.593. The van der Waals surface area contributed by atoms with Gasteiger partial charge in [-0.25, -0.2) is 0 Å². The SMILES string of the molecule is CNC(=O)C(CCC=O)N1Cc2cc(N3CCC(OC4CCNCC4)CC3)ccc2C1=O. The highest BCUT2D eigenvalue weighted by atomic mass is 16.5. The molecule has 174 valence electrons. The summed E-state index contributed by atoms with van der Waals surface area (Å²) in [5.74, 6) is -0.371. The number of ether oxygens (including phenoxy) is 1. The summed E-state index contributed by atoms with van der Waals surface area (Å²) in [7, 11) is 1.56. The van der Waals surface area contributed by atoms with Gasteiger partial charge in [-0.2, -0.15) is 0 Å². The highest BCUT2D eigenvalue weighted by molar-refractivity contribution is 6.01. The Balaban J connectivity index is 1.38. The van der Waals surface area contributed by atoms with Crippen LogP contribution in [-0.2, 0) is 20.9 Å². The lowest BCUT2D eigenvalue weighted by Gasteiger charge is -2.36. The number of nitrogens with one attached hydrogen (secondary N) is 2. The lowest BCUT2D eigenvalue weighted by molar-refractivity contribution is -0.125. The summed E-state index contributed by atoms with van der Waals surface area (Å²) in [5, 5.41) is 6.00. The molecule has 8 nitrogen and oxygen atoms in total. The molecular formula is C24H34N4O4. The van der Waals surface area contributed by atoms with Gasteiger partial charge in [-0.05, 0) is 69.0 Å². The van der Waals surface area contributed by atoms with Crippen LogP contribution in [0.2, 0.25) is 0 Å². The maximum absolute atomic E-state index is 13.0. The van der Waals surface area contributed by atoms with Crippen LogP contribution in [0.25, 0.3) is 0 Å².